The molecule has 1 amide bonds. The number of aromatic amines is 1. The smallest absolute Gasteiger partial charge is 0.253 e. The molecule has 0 aliphatic carbocycles. The van der Waals surface area contributed by atoms with E-state index in [9.17, 15) is 4.79 Å². The molecule has 0 radical (unpaired) electrons. The number of pyridine rings is 1. The van der Waals surface area contributed by atoms with E-state index in [-0.39, 0.29) is 5.91 Å². The molecule has 0 spiro atoms. The highest BCUT2D eigenvalue weighted by Crippen LogP contribution is 2.30. The van der Waals surface area contributed by atoms with Crippen molar-refractivity contribution >= 4 is 28.3 Å². The van der Waals surface area contributed by atoms with Crippen LogP contribution in [0.25, 0.3) is 28.0 Å². The van der Waals surface area contributed by atoms with Crippen molar-refractivity contribution in [3.05, 3.63) is 59.4 Å². The number of carbonyl (C=O) groups is 1. The molecular weight excluding hydrogens is 376 g/mol. The maximum absolute atomic E-state index is 12.3. The second kappa shape index (κ2) is 7.67. The molecule has 4 rings (SSSR count). The number of fused-ring (bicyclic) bond motifs is 1. The van der Waals surface area contributed by atoms with Crippen molar-refractivity contribution < 1.29 is 4.79 Å². The van der Waals surface area contributed by atoms with Gasteiger partial charge in [0.05, 0.1) is 16.6 Å². The summed E-state index contributed by atoms with van der Waals surface area (Å²) in [5.41, 5.74) is 12.6. The number of allylic oxidation sites excluding steroid dienone is 2. The minimum absolute atomic E-state index is 0.0527. The first kappa shape index (κ1) is 19.7. The van der Waals surface area contributed by atoms with Crippen molar-refractivity contribution in [2.24, 2.45) is 0 Å². The number of amides is 1. The van der Waals surface area contributed by atoms with Gasteiger partial charge in [0.2, 0.25) is 0 Å². The highest BCUT2D eigenvalue weighted by Gasteiger charge is 2.16. The van der Waals surface area contributed by atoms with Crippen LogP contribution in [-0.2, 0) is 0 Å². The van der Waals surface area contributed by atoms with E-state index in [0.29, 0.717) is 17.2 Å². The van der Waals surface area contributed by atoms with Crippen molar-refractivity contribution in [1.82, 2.24) is 24.8 Å². The number of aromatic nitrogens is 3. The van der Waals surface area contributed by atoms with Gasteiger partial charge in [-0.15, -0.1) is 0 Å². The summed E-state index contributed by atoms with van der Waals surface area (Å²) in [4.78, 5) is 28.4. The second-order valence-electron chi connectivity index (χ2n) is 7.83. The van der Waals surface area contributed by atoms with Crippen molar-refractivity contribution in [3.63, 3.8) is 0 Å². The fourth-order valence-electron chi connectivity index (χ4n) is 3.63. The van der Waals surface area contributed by atoms with Gasteiger partial charge >= 0.3 is 0 Å². The van der Waals surface area contributed by atoms with Crippen LogP contribution < -0.4 is 5.73 Å². The lowest BCUT2D eigenvalue weighted by Crippen LogP contribution is -2.21. The van der Waals surface area contributed by atoms with Gasteiger partial charge < -0.3 is 20.5 Å². The van der Waals surface area contributed by atoms with E-state index in [1.807, 2.05) is 18.2 Å². The monoisotopic (exact) mass is 402 g/mol. The molecule has 0 fully saturated rings. The average Bonchev–Trinajstić information content (AvgIpc) is 3.15. The standard InChI is InChI=1S/C23H26N6O/c1-5-14-8-17(13-29(4)12-14)16-9-18(21(24)25-11-16)22-26-19-7-6-15(10-20(19)27-22)23(30)28(2)3/h6-11,13H,5,12H2,1-4H3,(H2,24,25)(H,26,27). The molecule has 0 bridgehead atoms. The number of H-pyrrole nitrogens is 1. The molecule has 7 heteroatoms. The summed E-state index contributed by atoms with van der Waals surface area (Å²) < 4.78 is 0. The van der Waals surface area contributed by atoms with Crippen LogP contribution >= 0.6 is 0 Å². The Hall–Kier alpha value is -3.61. The Kier molecular flexibility index (Phi) is 5.03. The summed E-state index contributed by atoms with van der Waals surface area (Å²) in [6.07, 6.45) is 7.14. The van der Waals surface area contributed by atoms with Gasteiger partial charge in [-0.05, 0) is 36.3 Å². The molecule has 3 heterocycles. The molecule has 0 saturated carbocycles. The number of benzene rings is 1. The Bertz CT molecular complexity index is 1190. The molecule has 0 unspecified atom stereocenters. The first-order valence-electron chi connectivity index (χ1n) is 9.95. The lowest BCUT2D eigenvalue weighted by molar-refractivity contribution is 0.0827. The van der Waals surface area contributed by atoms with Gasteiger partial charge in [-0.2, -0.15) is 0 Å². The highest BCUT2D eigenvalue weighted by atomic mass is 16.2. The maximum atomic E-state index is 12.3. The van der Waals surface area contributed by atoms with Crippen LogP contribution in [0.2, 0.25) is 0 Å². The summed E-state index contributed by atoms with van der Waals surface area (Å²) >= 11 is 0. The second-order valence-corrected chi connectivity index (χ2v) is 7.83. The van der Waals surface area contributed by atoms with Crippen LogP contribution in [0.3, 0.4) is 0 Å². The Balaban J connectivity index is 1.75. The van der Waals surface area contributed by atoms with Gasteiger partial charge in [-0.25, -0.2) is 9.97 Å². The predicted molar refractivity (Wildman–Crippen MR) is 121 cm³/mol. The zero-order valence-corrected chi connectivity index (χ0v) is 17.7. The summed E-state index contributed by atoms with van der Waals surface area (Å²) in [6.45, 7) is 3.10. The number of hydrogen-bond acceptors (Lipinski definition) is 5. The molecule has 3 aromatic rings. The Morgan fingerprint density at radius 1 is 1.30 bits per heavy atom. The van der Waals surface area contributed by atoms with Gasteiger partial charge in [0.25, 0.3) is 5.91 Å². The molecule has 1 aliphatic rings. The molecular formula is C23H26N6O. The number of nitrogens with zero attached hydrogens (tertiary/aromatic N) is 4. The molecule has 30 heavy (non-hydrogen) atoms. The van der Waals surface area contributed by atoms with E-state index < -0.39 is 0 Å². The number of rotatable bonds is 4. The number of nitrogens with two attached hydrogens (primary N) is 1. The number of carbonyl (C=O) groups excluding carboxylic acids is 1. The average molecular weight is 403 g/mol. The van der Waals surface area contributed by atoms with E-state index in [0.717, 1.165) is 40.7 Å². The van der Waals surface area contributed by atoms with Gasteiger partial charge in [0.15, 0.2) is 0 Å². The van der Waals surface area contributed by atoms with E-state index in [4.69, 9.17) is 5.73 Å². The summed E-state index contributed by atoms with van der Waals surface area (Å²) in [5, 5.41) is 0. The van der Waals surface area contributed by atoms with Gasteiger partial charge in [0, 0.05) is 51.2 Å². The van der Waals surface area contributed by atoms with Crippen LogP contribution in [0.1, 0.15) is 29.3 Å². The number of nitrogens with one attached hydrogen (secondary N) is 1. The molecule has 0 atom stereocenters. The third kappa shape index (κ3) is 3.66. The summed E-state index contributed by atoms with van der Waals surface area (Å²) in [7, 11) is 5.54. The molecule has 3 N–H and O–H groups in total. The fourth-order valence-corrected chi connectivity index (χ4v) is 3.63. The van der Waals surface area contributed by atoms with E-state index in [1.165, 1.54) is 5.57 Å². The van der Waals surface area contributed by atoms with Crippen LogP contribution in [-0.4, -0.2) is 58.3 Å². The van der Waals surface area contributed by atoms with Crippen molar-refractivity contribution in [3.8, 4) is 11.4 Å². The van der Waals surface area contributed by atoms with E-state index in [2.05, 4.69) is 46.1 Å². The third-order valence-corrected chi connectivity index (χ3v) is 5.27. The number of likely N-dealkylation sites (N-methyl/N-ethyl adjacent to an activating group) is 1. The Morgan fingerprint density at radius 3 is 2.83 bits per heavy atom. The number of imidazole rings is 1. The molecule has 1 aliphatic heterocycles. The van der Waals surface area contributed by atoms with Crippen LogP contribution in [0.5, 0.6) is 0 Å². The fraction of sp³-hybridized carbons (Fsp3) is 0.261. The predicted octanol–water partition coefficient (Wildman–Crippen LogP) is 3.53. The first-order chi connectivity index (χ1) is 14.4. The van der Waals surface area contributed by atoms with Crippen molar-refractivity contribution in [2.75, 3.05) is 33.4 Å². The molecule has 2 aromatic heterocycles. The zero-order chi connectivity index (χ0) is 21.4. The van der Waals surface area contributed by atoms with E-state index in [1.54, 1.807) is 31.3 Å². The minimum Gasteiger partial charge on any atom is -0.383 e. The third-order valence-electron chi connectivity index (χ3n) is 5.27. The van der Waals surface area contributed by atoms with Crippen molar-refractivity contribution in [1.29, 1.82) is 0 Å². The highest BCUT2D eigenvalue weighted by molar-refractivity contribution is 5.97. The molecule has 0 saturated heterocycles. The molecule has 154 valence electrons. The number of hydrogen-bond donors (Lipinski definition) is 2. The Morgan fingerprint density at radius 2 is 2.10 bits per heavy atom. The molecule has 7 nitrogen and oxygen atoms in total. The largest absolute Gasteiger partial charge is 0.383 e. The zero-order valence-electron chi connectivity index (χ0n) is 17.7. The Labute approximate surface area is 175 Å². The SMILES string of the molecule is CCC1=CC(c2cnc(N)c(-c3nc4ccc(C(=O)N(C)C)cc4[nH]3)c2)=CN(C)C1. The minimum atomic E-state index is -0.0527. The summed E-state index contributed by atoms with van der Waals surface area (Å²) in [5.74, 6) is 0.991. The van der Waals surface area contributed by atoms with E-state index >= 15 is 0 Å². The summed E-state index contributed by atoms with van der Waals surface area (Å²) in [6, 6.07) is 7.46. The van der Waals surface area contributed by atoms with Crippen LogP contribution in [0, 0.1) is 0 Å². The van der Waals surface area contributed by atoms with Gasteiger partial charge in [0.1, 0.15) is 11.6 Å². The maximum Gasteiger partial charge on any atom is 0.253 e. The number of nitrogen functional groups attached to an aromatic ring is 1. The number of anilines is 1. The normalized spacial score (nSPS) is 13.9. The first-order valence-corrected chi connectivity index (χ1v) is 9.95. The molecule has 1 aromatic carbocycles. The lowest BCUT2D eigenvalue weighted by atomic mass is 9.99. The van der Waals surface area contributed by atoms with Crippen molar-refractivity contribution in [2.45, 2.75) is 13.3 Å². The quantitative estimate of drug-likeness (QED) is 0.697. The lowest BCUT2D eigenvalue weighted by Gasteiger charge is -2.23. The van der Waals surface area contributed by atoms with Crippen LogP contribution in [0.4, 0.5) is 5.82 Å². The van der Waals surface area contributed by atoms with Gasteiger partial charge in [-0.1, -0.05) is 18.6 Å². The van der Waals surface area contributed by atoms with Gasteiger partial charge in [-0.3, -0.25) is 4.79 Å². The topological polar surface area (TPSA) is 91.1 Å². The van der Waals surface area contributed by atoms with Crippen LogP contribution in [0.15, 0.2) is 48.3 Å².